The van der Waals surface area contributed by atoms with Crippen molar-refractivity contribution < 1.29 is 49.0 Å². The molecular weight excluding hydrogens is 315 g/mol. The molecule has 2 unspecified atom stereocenters. The number of carboxylic acids is 1. The molecule has 1 rings (SSSR count). The zero-order valence-electron chi connectivity index (χ0n) is 15.4. The van der Waals surface area contributed by atoms with Gasteiger partial charge < -0.3 is 14.6 Å². The fourth-order valence-electron chi connectivity index (χ4n) is 3.09. The third-order valence-electron chi connectivity index (χ3n) is 4.52. The number of aliphatic carboxylic acids is 1. The molecule has 0 bridgehead atoms. The number of hydrogen-bond donors (Lipinski definition) is 0. The summed E-state index contributed by atoms with van der Waals surface area (Å²) in [4.78, 5) is 23.1. The fraction of sp³-hybridized carbons (Fsp3) is 0.789. The van der Waals surface area contributed by atoms with E-state index in [-0.39, 0.29) is 35.5 Å². The molecule has 1 fully saturated rings. The van der Waals surface area contributed by atoms with Gasteiger partial charge in [-0.05, 0) is 44.9 Å². The van der Waals surface area contributed by atoms with Crippen LogP contribution in [0.1, 0.15) is 77.6 Å². The summed E-state index contributed by atoms with van der Waals surface area (Å²) in [6, 6.07) is 0. The van der Waals surface area contributed by atoms with Gasteiger partial charge in [0.05, 0.1) is 12.5 Å². The number of hydrogen-bond acceptors (Lipinski definition) is 4. The average Bonchev–Trinajstić information content (AvgIpc) is 2.56. The number of ether oxygens (including phenoxy) is 1. The van der Waals surface area contributed by atoms with Gasteiger partial charge in [-0.25, -0.2) is 0 Å². The first kappa shape index (κ1) is 23.7. The van der Waals surface area contributed by atoms with E-state index < -0.39 is 17.8 Å². The molecule has 0 spiro atoms. The van der Waals surface area contributed by atoms with Crippen LogP contribution in [0.5, 0.6) is 0 Å². The van der Waals surface area contributed by atoms with Crippen LogP contribution < -0.4 is 34.7 Å². The third kappa shape index (κ3) is 9.85. The van der Waals surface area contributed by atoms with E-state index in [4.69, 9.17) is 4.74 Å². The molecule has 0 N–H and O–H groups in total. The number of unbranched alkanes of at least 4 members (excludes halogenated alkanes) is 5. The van der Waals surface area contributed by atoms with Crippen molar-refractivity contribution in [2.24, 2.45) is 11.8 Å². The molecule has 0 saturated heterocycles. The van der Waals surface area contributed by atoms with Crippen LogP contribution in [0.4, 0.5) is 0 Å². The summed E-state index contributed by atoms with van der Waals surface area (Å²) >= 11 is 0. The predicted octanol–water partition coefficient (Wildman–Crippen LogP) is 0.397. The Balaban J connectivity index is 0.00000529. The maximum absolute atomic E-state index is 12.0. The molecule has 0 amide bonds. The van der Waals surface area contributed by atoms with Gasteiger partial charge in [-0.1, -0.05) is 44.8 Å². The molecule has 0 radical (unpaired) electrons. The molecule has 1 saturated carbocycles. The summed E-state index contributed by atoms with van der Waals surface area (Å²) < 4.78 is 5.27. The Labute approximate surface area is 168 Å². The Bertz CT molecular complexity index is 382. The SMILES string of the molecule is CCCCC/C=C/CCCCOC(=O)C1CCCCC1C(=O)[O-].[Na+]. The number of allylic oxidation sites excluding steroid dienone is 2. The normalized spacial score (nSPS) is 20.5. The Morgan fingerprint density at radius 2 is 1.58 bits per heavy atom. The van der Waals surface area contributed by atoms with Crippen molar-refractivity contribution >= 4 is 11.9 Å². The van der Waals surface area contributed by atoms with Crippen molar-refractivity contribution in [2.45, 2.75) is 77.6 Å². The Morgan fingerprint density at radius 3 is 2.17 bits per heavy atom. The van der Waals surface area contributed by atoms with Crippen molar-refractivity contribution in [1.82, 2.24) is 0 Å². The molecule has 1 aliphatic rings. The van der Waals surface area contributed by atoms with Crippen molar-refractivity contribution in [3.8, 4) is 0 Å². The van der Waals surface area contributed by atoms with Crippen LogP contribution in [-0.4, -0.2) is 18.5 Å². The molecule has 0 aromatic heterocycles. The zero-order valence-corrected chi connectivity index (χ0v) is 17.4. The van der Waals surface area contributed by atoms with E-state index in [9.17, 15) is 14.7 Å². The second-order valence-corrected chi connectivity index (χ2v) is 6.45. The first-order chi connectivity index (χ1) is 11.2. The van der Waals surface area contributed by atoms with Crippen molar-refractivity contribution in [2.75, 3.05) is 6.61 Å². The monoisotopic (exact) mass is 346 g/mol. The number of esters is 1. The Kier molecular flexibility index (Phi) is 14.8. The fourth-order valence-corrected chi connectivity index (χ4v) is 3.09. The number of rotatable bonds is 11. The first-order valence-corrected chi connectivity index (χ1v) is 9.19. The van der Waals surface area contributed by atoms with E-state index in [0.717, 1.165) is 38.5 Å². The van der Waals surface area contributed by atoms with Crippen LogP contribution in [0.2, 0.25) is 0 Å². The summed E-state index contributed by atoms with van der Waals surface area (Å²) in [5.74, 6) is -2.64. The average molecular weight is 346 g/mol. The van der Waals surface area contributed by atoms with E-state index in [1.165, 1.54) is 19.3 Å². The first-order valence-electron chi connectivity index (χ1n) is 9.19. The van der Waals surface area contributed by atoms with E-state index in [2.05, 4.69) is 19.1 Å². The van der Waals surface area contributed by atoms with E-state index >= 15 is 0 Å². The van der Waals surface area contributed by atoms with Gasteiger partial charge in [-0.15, -0.1) is 0 Å². The van der Waals surface area contributed by atoms with Crippen LogP contribution >= 0.6 is 0 Å². The number of carbonyl (C=O) groups excluding carboxylic acids is 2. The minimum atomic E-state index is -1.11. The molecule has 132 valence electrons. The molecular formula is C19H31NaO4. The minimum Gasteiger partial charge on any atom is -0.550 e. The third-order valence-corrected chi connectivity index (χ3v) is 4.52. The van der Waals surface area contributed by atoms with E-state index in [0.29, 0.717) is 19.4 Å². The Hall–Kier alpha value is -0.320. The summed E-state index contributed by atoms with van der Waals surface area (Å²) in [5, 5.41) is 11.1. The van der Waals surface area contributed by atoms with Gasteiger partial charge in [0.25, 0.3) is 0 Å². The maximum Gasteiger partial charge on any atom is 1.00 e. The van der Waals surface area contributed by atoms with Gasteiger partial charge in [0.2, 0.25) is 0 Å². The van der Waals surface area contributed by atoms with Crippen molar-refractivity contribution in [1.29, 1.82) is 0 Å². The van der Waals surface area contributed by atoms with Crippen LogP contribution in [0.3, 0.4) is 0 Å². The second kappa shape index (κ2) is 15.0. The molecule has 0 aromatic carbocycles. The van der Waals surface area contributed by atoms with Crippen LogP contribution in [0.25, 0.3) is 0 Å². The van der Waals surface area contributed by atoms with Crippen molar-refractivity contribution in [3.63, 3.8) is 0 Å². The zero-order chi connectivity index (χ0) is 16.9. The van der Waals surface area contributed by atoms with Crippen LogP contribution in [0.15, 0.2) is 12.2 Å². The topological polar surface area (TPSA) is 66.4 Å². The van der Waals surface area contributed by atoms with E-state index in [1.807, 2.05) is 0 Å². The number of carbonyl (C=O) groups is 2. The summed E-state index contributed by atoms with van der Waals surface area (Å²) in [6.07, 6.45) is 15.1. The quantitative estimate of drug-likeness (QED) is 0.235. The smallest absolute Gasteiger partial charge is 0.550 e. The number of carboxylic acid groups (broad SMARTS) is 1. The van der Waals surface area contributed by atoms with E-state index in [1.54, 1.807) is 0 Å². The molecule has 0 aromatic rings. The summed E-state index contributed by atoms with van der Waals surface area (Å²) in [5.41, 5.74) is 0. The molecule has 24 heavy (non-hydrogen) atoms. The molecule has 1 aliphatic carbocycles. The molecule has 4 nitrogen and oxygen atoms in total. The van der Waals surface area contributed by atoms with Gasteiger partial charge in [-0.2, -0.15) is 0 Å². The van der Waals surface area contributed by atoms with Gasteiger partial charge in [0, 0.05) is 11.9 Å². The van der Waals surface area contributed by atoms with Gasteiger partial charge in [0.15, 0.2) is 0 Å². The second-order valence-electron chi connectivity index (χ2n) is 6.45. The van der Waals surface area contributed by atoms with Crippen LogP contribution in [0, 0.1) is 11.8 Å². The summed E-state index contributed by atoms with van der Waals surface area (Å²) in [7, 11) is 0. The van der Waals surface area contributed by atoms with Crippen molar-refractivity contribution in [3.05, 3.63) is 12.2 Å². The molecule has 0 aliphatic heterocycles. The molecule has 0 heterocycles. The largest absolute Gasteiger partial charge is 1.00 e. The standard InChI is InChI=1S/C19H32O4.Na/c1-2-3-4-5-6-7-8-9-12-15-23-19(22)17-14-11-10-13-16(17)18(20)21;/h6-7,16-17H,2-5,8-15H2,1H3,(H,20,21);/q;+1/p-1/b7-6+;. The minimum absolute atomic E-state index is 0. The Morgan fingerprint density at radius 1 is 1.00 bits per heavy atom. The van der Waals surface area contributed by atoms with Crippen LogP contribution in [-0.2, 0) is 14.3 Å². The summed E-state index contributed by atoms with van der Waals surface area (Å²) in [6.45, 7) is 2.59. The van der Waals surface area contributed by atoms with Gasteiger partial charge >= 0.3 is 35.5 Å². The van der Waals surface area contributed by atoms with Gasteiger partial charge in [-0.3, -0.25) is 4.79 Å². The molecule has 2 atom stereocenters. The molecule has 5 heteroatoms. The maximum atomic E-state index is 12.0. The predicted molar refractivity (Wildman–Crippen MR) is 88.5 cm³/mol. The van der Waals surface area contributed by atoms with Gasteiger partial charge in [0.1, 0.15) is 0 Å².